The van der Waals surface area contributed by atoms with E-state index in [0.717, 1.165) is 13.1 Å². The van der Waals surface area contributed by atoms with Gasteiger partial charge in [0.05, 0.1) is 4.92 Å². The normalized spacial score (nSPS) is 24.1. The molecule has 1 aromatic rings. The molecule has 0 saturated carbocycles. The van der Waals surface area contributed by atoms with Crippen LogP contribution in [0.2, 0.25) is 5.02 Å². The van der Waals surface area contributed by atoms with Crippen molar-refractivity contribution in [3.8, 4) is 0 Å². The van der Waals surface area contributed by atoms with Crippen LogP contribution in [0, 0.1) is 10.1 Å². The maximum absolute atomic E-state index is 11.1. The van der Waals surface area contributed by atoms with Crippen molar-refractivity contribution >= 4 is 23.0 Å². The number of nitro groups is 1. The van der Waals surface area contributed by atoms with E-state index in [4.69, 9.17) is 11.6 Å². The highest BCUT2D eigenvalue weighted by Gasteiger charge is 2.28. The summed E-state index contributed by atoms with van der Waals surface area (Å²) >= 11 is 5.83. The summed E-state index contributed by atoms with van der Waals surface area (Å²) in [4.78, 5) is 12.8. The van der Waals surface area contributed by atoms with Gasteiger partial charge in [0.2, 0.25) is 0 Å². The van der Waals surface area contributed by atoms with Crippen molar-refractivity contribution in [2.45, 2.75) is 25.9 Å². The Morgan fingerprint density at radius 1 is 1.50 bits per heavy atom. The van der Waals surface area contributed by atoms with Gasteiger partial charge in [0.25, 0.3) is 5.69 Å². The minimum atomic E-state index is -0.374. The molecule has 1 heterocycles. The van der Waals surface area contributed by atoms with Crippen LogP contribution in [-0.2, 0) is 0 Å². The molecule has 2 rings (SSSR count). The van der Waals surface area contributed by atoms with Gasteiger partial charge in [-0.05, 0) is 26.0 Å². The molecule has 6 heteroatoms. The maximum Gasteiger partial charge on any atom is 0.294 e. The topological polar surface area (TPSA) is 58.4 Å². The monoisotopic (exact) mass is 269 g/mol. The Labute approximate surface area is 111 Å². The fraction of sp³-hybridized carbons (Fsp3) is 0.500. The molecule has 5 nitrogen and oxygen atoms in total. The third kappa shape index (κ3) is 2.57. The lowest BCUT2D eigenvalue weighted by molar-refractivity contribution is -0.384. The van der Waals surface area contributed by atoms with Crippen molar-refractivity contribution in [3.05, 3.63) is 33.3 Å². The molecule has 1 N–H and O–H groups in total. The van der Waals surface area contributed by atoms with Gasteiger partial charge in [-0.15, -0.1) is 0 Å². The molecular weight excluding hydrogens is 254 g/mol. The number of halogens is 1. The molecule has 1 aromatic carbocycles. The first-order valence-corrected chi connectivity index (χ1v) is 6.31. The van der Waals surface area contributed by atoms with Crippen molar-refractivity contribution in [1.29, 1.82) is 0 Å². The quantitative estimate of drug-likeness (QED) is 0.662. The molecular formula is C12H16ClN3O2. The van der Waals surface area contributed by atoms with Gasteiger partial charge in [0, 0.05) is 36.3 Å². The number of nitrogens with zero attached hydrogens (tertiary/aromatic N) is 2. The number of rotatable bonds is 2. The van der Waals surface area contributed by atoms with Crippen LogP contribution in [0.25, 0.3) is 0 Å². The number of nitrogens with one attached hydrogen (secondary N) is 1. The van der Waals surface area contributed by atoms with Gasteiger partial charge in [-0.25, -0.2) is 0 Å². The Hall–Kier alpha value is -1.33. The largest absolute Gasteiger partial charge is 0.360 e. The van der Waals surface area contributed by atoms with E-state index in [0.29, 0.717) is 16.8 Å². The number of nitro benzene ring substituents is 1. The van der Waals surface area contributed by atoms with E-state index >= 15 is 0 Å². The number of hydrogen-bond donors (Lipinski definition) is 1. The number of piperazine rings is 1. The van der Waals surface area contributed by atoms with E-state index < -0.39 is 0 Å². The number of anilines is 1. The highest BCUT2D eigenvalue weighted by Crippen LogP contribution is 2.32. The SMILES string of the molecule is CC1CN(c2ccc(Cl)cc2[N+](=O)[O-])C(C)CN1. The minimum Gasteiger partial charge on any atom is -0.360 e. The van der Waals surface area contributed by atoms with Crippen LogP contribution >= 0.6 is 11.6 Å². The van der Waals surface area contributed by atoms with Gasteiger partial charge in [0.15, 0.2) is 0 Å². The summed E-state index contributed by atoms with van der Waals surface area (Å²) in [5.41, 5.74) is 0.716. The molecule has 0 bridgehead atoms. The summed E-state index contributed by atoms with van der Waals surface area (Å²) < 4.78 is 0. The Kier molecular flexibility index (Phi) is 3.73. The smallest absolute Gasteiger partial charge is 0.294 e. The van der Waals surface area contributed by atoms with Gasteiger partial charge < -0.3 is 10.2 Å². The molecule has 0 spiro atoms. The summed E-state index contributed by atoms with van der Waals surface area (Å²) in [5.74, 6) is 0. The van der Waals surface area contributed by atoms with Crippen LogP contribution in [-0.4, -0.2) is 30.1 Å². The fourth-order valence-corrected chi connectivity index (χ4v) is 2.41. The van der Waals surface area contributed by atoms with E-state index in [2.05, 4.69) is 24.1 Å². The van der Waals surface area contributed by atoms with Gasteiger partial charge >= 0.3 is 0 Å². The van der Waals surface area contributed by atoms with Crippen molar-refractivity contribution in [2.75, 3.05) is 18.0 Å². The van der Waals surface area contributed by atoms with Crippen LogP contribution < -0.4 is 10.2 Å². The van der Waals surface area contributed by atoms with Gasteiger partial charge in [-0.2, -0.15) is 0 Å². The molecule has 18 heavy (non-hydrogen) atoms. The molecule has 1 saturated heterocycles. The average Bonchev–Trinajstić information content (AvgIpc) is 2.32. The zero-order valence-corrected chi connectivity index (χ0v) is 11.1. The molecule has 2 atom stereocenters. The number of hydrogen-bond acceptors (Lipinski definition) is 4. The first-order valence-electron chi connectivity index (χ1n) is 5.93. The molecule has 1 fully saturated rings. The van der Waals surface area contributed by atoms with Crippen molar-refractivity contribution < 1.29 is 4.92 Å². The summed E-state index contributed by atoms with van der Waals surface area (Å²) in [6.07, 6.45) is 0. The molecule has 0 aromatic heterocycles. The fourth-order valence-electron chi connectivity index (χ4n) is 2.24. The summed E-state index contributed by atoms with van der Waals surface area (Å²) in [6, 6.07) is 5.38. The Balaban J connectivity index is 2.40. The molecule has 98 valence electrons. The first-order chi connectivity index (χ1) is 8.49. The Bertz CT molecular complexity index is 467. The highest BCUT2D eigenvalue weighted by molar-refractivity contribution is 6.30. The van der Waals surface area contributed by atoms with Crippen LogP contribution in [0.5, 0.6) is 0 Å². The lowest BCUT2D eigenvalue weighted by atomic mass is 10.1. The highest BCUT2D eigenvalue weighted by atomic mass is 35.5. The third-order valence-corrected chi connectivity index (χ3v) is 3.44. The van der Waals surface area contributed by atoms with E-state index in [1.54, 1.807) is 12.1 Å². The summed E-state index contributed by atoms with van der Waals surface area (Å²) in [5, 5.41) is 14.9. The average molecular weight is 270 g/mol. The second kappa shape index (κ2) is 5.12. The molecule has 0 amide bonds. The lowest BCUT2D eigenvalue weighted by Crippen LogP contribution is -2.54. The van der Waals surface area contributed by atoms with Crippen molar-refractivity contribution in [1.82, 2.24) is 5.32 Å². The molecule has 1 aliphatic rings. The van der Waals surface area contributed by atoms with Crippen LogP contribution in [0.3, 0.4) is 0 Å². The molecule has 1 aliphatic heterocycles. The molecule has 2 unspecified atom stereocenters. The van der Waals surface area contributed by atoms with Crippen LogP contribution in [0.4, 0.5) is 11.4 Å². The lowest BCUT2D eigenvalue weighted by Gasteiger charge is -2.38. The second-order valence-corrected chi connectivity index (χ2v) is 5.14. The number of benzene rings is 1. The summed E-state index contributed by atoms with van der Waals surface area (Å²) in [6.45, 7) is 5.70. The zero-order valence-electron chi connectivity index (χ0n) is 10.4. The van der Waals surface area contributed by atoms with E-state index in [1.165, 1.54) is 6.07 Å². The second-order valence-electron chi connectivity index (χ2n) is 4.70. The third-order valence-electron chi connectivity index (χ3n) is 3.21. The van der Waals surface area contributed by atoms with Gasteiger partial charge in [-0.1, -0.05) is 11.6 Å². The summed E-state index contributed by atoms with van der Waals surface area (Å²) in [7, 11) is 0. The molecule has 0 aliphatic carbocycles. The Morgan fingerprint density at radius 2 is 2.22 bits per heavy atom. The Morgan fingerprint density at radius 3 is 2.89 bits per heavy atom. The van der Waals surface area contributed by atoms with Gasteiger partial charge in [-0.3, -0.25) is 10.1 Å². The molecule has 0 radical (unpaired) electrons. The van der Waals surface area contributed by atoms with E-state index in [1.807, 2.05) is 0 Å². The predicted octanol–water partition coefficient (Wildman–Crippen LogP) is 2.43. The van der Waals surface area contributed by atoms with Crippen LogP contribution in [0.1, 0.15) is 13.8 Å². The van der Waals surface area contributed by atoms with E-state index in [9.17, 15) is 10.1 Å². The van der Waals surface area contributed by atoms with Gasteiger partial charge in [0.1, 0.15) is 5.69 Å². The first kappa shape index (κ1) is 13.1. The standard InChI is InChI=1S/C12H16ClN3O2/c1-8-7-15(9(2)6-14-8)11-4-3-10(13)5-12(11)16(17)18/h3-5,8-9,14H,6-7H2,1-2H3. The van der Waals surface area contributed by atoms with E-state index in [-0.39, 0.29) is 16.7 Å². The minimum absolute atomic E-state index is 0.0726. The predicted molar refractivity (Wildman–Crippen MR) is 72.4 cm³/mol. The van der Waals surface area contributed by atoms with Crippen molar-refractivity contribution in [3.63, 3.8) is 0 Å². The van der Waals surface area contributed by atoms with Crippen LogP contribution in [0.15, 0.2) is 18.2 Å². The zero-order chi connectivity index (χ0) is 13.3. The maximum atomic E-state index is 11.1. The van der Waals surface area contributed by atoms with Crippen molar-refractivity contribution in [2.24, 2.45) is 0 Å².